The van der Waals surface area contributed by atoms with Crippen LogP contribution in [-0.4, -0.2) is 30.6 Å². The third-order valence-electron chi connectivity index (χ3n) is 3.69. The molecule has 0 unspecified atom stereocenters. The maximum absolute atomic E-state index is 12.3. The second-order valence-electron chi connectivity index (χ2n) is 5.51. The number of amides is 1. The average molecular weight is 289 g/mol. The molecule has 21 heavy (non-hydrogen) atoms. The Morgan fingerprint density at radius 3 is 2.57 bits per heavy atom. The molecule has 2 aliphatic rings. The van der Waals surface area contributed by atoms with Crippen LogP contribution in [0, 0.1) is 0 Å². The lowest BCUT2D eigenvalue weighted by atomic mass is 10.1. The molecule has 112 valence electrons. The lowest BCUT2D eigenvalue weighted by Gasteiger charge is -2.19. The van der Waals surface area contributed by atoms with Crippen LogP contribution in [0.4, 0.5) is 0 Å². The topological polar surface area (TPSA) is 64.6 Å². The Labute approximate surface area is 123 Å². The van der Waals surface area contributed by atoms with E-state index in [-0.39, 0.29) is 11.9 Å². The number of nitrogens with one attached hydrogen (secondary N) is 1. The molecule has 1 saturated heterocycles. The van der Waals surface area contributed by atoms with Crippen molar-refractivity contribution in [3.8, 4) is 0 Å². The summed E-state index contributed by atoms with van der Waals surface area (Å²) in [7, 11) is 0. The van der Waals surface area contributed by atoms with Gasteiger partial charge in [-0.05, 0) is 25.7 Å². The largest absolute Gasteiger partial charge is 0.445 e. The molecule has 0 bridgehead atoms. The first-order chi connectivity index (χ1) is 10.2. The molecule has 1 aliphatic carbocycles. The molecular formula is C16H19NO4. The number of esters is 1. The van der Waals surface area contributed by atoms with Gasteiger partial charge in [-0.25, -0.2) is 4.79 Å². The van der Waals surface area contributed by atoms with E-state index in [4.69, 9.17) is 9.47 Å². The van der Waals surface area contributed by atoms with E-state index >= 15 is 0 Å². The van der Waals surface area contributed by atoms with Gasteiger partial charge in [0.25, 0.3) is 5.91 Å². The normalized spacial score (nSPS) is 22.6. The van der Waals surface area contributed by atoms with Crippen molar-refractivity contribution < 1.29 is 19.1 Å². The number of ether oxygens (including phenoxy) is 2. The first-order valence-electron chi connectivity index (χ1n) is 7.41. The number of carbonyl (C=O) groups is 2. The Morgan fingerprint density at radius 1 is 1.19 bits per heavy atom. The summed E-state index contributed by atoms with van der Waals surface area (Å²) in [5, 5.41) is 2.89. The number of rotatable bonds is 5. The zero-order chi connectivity index (χ0) is 14.7. The molecule has 0 aromatic heterocycles. The molecule has 1 aromatic carbocycles. The Morgan fingerprint density at radius 2 is 1.95 bits per heavy atom. The highest BCUT2D eigenvalue weighted by molar-refractivity contribution is 5.86. The molecule has 5 heteroatoms. The molecule has 1 aromatic rings. The first kappa shape index (κ1) is 14.1. The Balaban J connectivity index is 1.71. The summed E-state index contributed by atoms with van der Waals surface area (Å²) >= 11 is 0. The van der Waals surface area contributed by atoms with Crippen LogP contribution in [0.5, 0.6) is 0 Å². The standard InChI is InChI=1S/C16H19NO4/c18-15(17-12-8-9-12)14(11-5-2-1-3-6-11)21-16(19)13-7-4-10-20-13/h1-3,5-6,12-14H,4,7-10H2,(H,17,18)/t13-,14-/m0/s1. The van der Waals surface area contributed by atoms with Gasteiger partial charge in [-0.15, -0.1) is 0 Å². The maximum atomic E-state index is 12.3. The van der Waals surface area contributed by atoms with Gasteiger partial charge in [0.2, 0.25) is 6.10 Å². The van der Waals surface area contributed by atoms with Gasteiger partial charge < -0.3 is 14.8 Å². The van der Waals surface area contributed by atoms with Crippen LogP contribution in [-0.2, 0) is 19.1 Å². The van der Waals surface area contributed by atoms with Gasteiger partial charge in [-0.2, -0.15) is 0 Å². The summed E-state index contributed by atoms with van der Waals surface area (Å²) in [6.45, 7) is 0.573. The zero-order valence-electron chi connectivity index (χ0n) is 11.8. The van der Waals surface area contributed by atoms with E-state index in [9.17, 15) is 9.59 Å². The summed E-state index contributed by atoms with van der Waals surface area (Å²) in [5.41, 5.74) is 0.682. The van der Waals surface area contributed by atoms with Gasteiger partial charge in [0.1, 0.15) is 0 Å². The average Bonchev–Trinajstić information content (AvgIpc) is 3.15. The molecule has 5 nitrogen and oxygen atoms in total. The Bertz CT molecular complexity index is 506. The fourth-order valence-corrected chi connectivity index (χ4v) is 2.36. The molecule has 0 spiro atoms. The zero-order valence-corrected chi connectivity index (χ0v) is 11.8. The second-order valence-corrected chi connectivity index (χ2v) is 5.51. The van der Waals surface area contributed by atoms with Crippen LogP contribution >= 0.6 is 0 Å². The summed E-state index contributed by atoms with van der Waals surface area (Å²) in [5.74, 6) is -0.706. The van der Waals surface area contributed by atoms with Gasteiger partial charge >= 0.3 is 5.97 Å². The number of hydrogen-bond donors (Lipinski definition) is 1. The van der Waals surface area contributed by atoms with Crippen LogP contribution < -0.4 is 5.32 Å². The van der Waals surface area contributed by atoms with Crippen molar-refractivity contribution >= 4 is 11.9 Å². The minimum absolute atomic E-state index is 0.227. The van der Waals surface area contributed by atoms with Crippen LogP contribution in [0.1, 0.15) is 37.4 Å². The van der Waals surface area contributed by atoms with Gasteiger partial charge in [-0.3, -0.25) is 4.79 Å². The second kappa shape index (κ2) is 6.26. The van der Waals surface area contributed by atoms with E-state index < -0.39 is 18.2 Å². The van der Waals surface area contributed by atoms with Gasteiger partial charge in [0, 0.05) is 18.2 Å². The SMILES string of the molecule is O=C(O[C@H](C(=O)NC1CC1)c1ccccc1)[C@@H]1CCCO1. The highest BCUT2D eigenvalue weighted by Gasteiger charge is 2.33. The van der Waals surface area contributed by atoms with Crippen LogP contribution in [0.25, 0.3) is 0 Å². The van der Waals surface area contributed by atoms with E-state index in [0.717, 1.165) is 19.3 Å². The van der Waals surface area contributed by atoms with E-state index in [1.807, 2.05) is 18.2 Å². The van der Waals surface area contributed by atoms with Crippen LogP contribution in [0.3, 0.4) is 0 Å². The minimum atomic E-state index is -0.900. The maximum Gasteiger partial charge on any atom is 0.336 e. The minimum Gasteiger partial charge on any atom is -0.445 e. The fourth-order valence-electron chi connectivity index (χ4n) is 2.36. The third-order valence-corrected chi connectivity index (χ3v) is 3.69. The molecule has 1 heterocycles. The highest BCUT2D eigenvalue weighted by Crippen LogP contribution is 2.24. The molecule has 2 atom stereocenters. The molecule has 2 fully saturated rings. The Hall–Kier alpha value is -1.88. The molecule has 1 amide bonds. The van der Waals surface area contributed by atoms with E-state index in [2.05, 4.69) is 5.32 Å². The number of carbonyl (C=O) groups excluding carboxylic acids is 2. The molecule has 1 saturated carbocycles. The predicted molar refractivity (Wildman–Crippen MR) is 75.4 cm³/mol. The van der Waals surface area contributed by atoms with Crippen LogP contribution in [0.2, 0.25) is 0 Å². The predicted octanol–water partition coefficient (Wildman–Crippen LogP) is 1.73. The lowest BCUT2D eigenvalue weighted by Crippen LogP contribution is -2.35. The van der Waals surface area contributed by atoms with Gasteiger partial charge in [0.15, 0.2) is 6.10 Å². The molecule has 3 rings (SSSR count). The van der Waals surface area contributed by atoms with E-state index in [1.165, 1.54) is 0 Å². The third kappa shape index (κ3) is 3.61. The van der Waals surface area contributed by atoms with Crippen molar-refractivity contribution in [1.82, 2.24) is 5.32 Å². The van der Waals surface area contributed by atoms with Crippen molar-refractivity contribution in [3.05, 3.63) is 35.9 Å². The smallest absolute Gasteiger partial charge is 0.336 e. The quantitative estimate of drug-likeness (QED) is 0.838. The summed E-state index contributed by atoms with van der Waals surface area (Å²) in [6.07, 6.45) is 2.06. The van der Waals surface area contributed by atoms with Gasteiger partial charge in [0.05, 0.1) is 0 Å². The summed E-state index contributed by atoms with van der Waals surface area (Å²) < 4.78 is 10.8. The first-order valence-corrected chi connectivity index (χ1v) is 7.41. The van der Waals surface area contributed by atoms with E-state index in [1.54, 1.807) is 12.1 Å². The fraction of sp³-hybridized carbons (Fsp3) is 0.500. The van der Waals surface area contributed by atoms with Gasteiger partial charge in [-0.1, -0.05) is 30.3 Å². The molecular weight excluding hydrogens is 270 g/mol. The van der Waals surface area contributed by atoms with Crippen molar-refractivity contribution in [1.29, 1.82) is 0 Å². The lowest BCUT2D eigenvalue weighted by molar-refractivity contribution is -0.165. The number of hydrogen-bond acceptors (Lipinski definition) is 4. The van der Waals surface area contributed by atoms with Crippen molar-refractivity contribution in [3.63, 3.8) is 0 Å². The Kier molecular flexibility index (Phi) is 4.20. The monoisotopic (exact) mass is 289 g/mol. The highest BCUT2D eigenvalue weighted by atomic mass is 16.6. The molecule has 1 aliphatic heterocycles. The van der Waals surface area contributed by atoms with Crippen LogP contribution in [0.15, 0.2) is 30.3 Å². The van der Waals surface area contributed by atoms with Crippen molar-refractivity contribution in [2.45, 2.75) is 43.9 Å². The molecule has 0 radical (unpaired) electrons. The number of benzene rings is 1. The van der Waals surface area contributed by atoms with Crippen molar-refractivity contribution in [2.75, 3.05) is 6.61 Å². The summed E-state index contributed by atoms with van der Waals surface area (Å²) in [6, 6.07) is 9.32. The van der Waals surface area contributed by atoms with E-state index in [0.29, 0.717) is 18.6 Å². The summed E-state index contributed by atoms with van der Waals surface area (Å²) in [4.78, 5) is 24.4. The molecule has 1 N–H and O–H groups in total. The van der Waals surface area contributed by atoms with Crippen molar-refractivity contribution in [2.24, 2.45) is 0 Å².